The third kappa shape index (κ3) is 4.44. The summed E-state index contributed by atoms with van der Waals surface area (Å²) in [4.78, 5) is 11.8. The van der Waals surface area contributed by atoms with Gasteiger partial charge in [0.2, 0.25) is 5.92 Å². The van der Waals surface area contributed by atoms with E-state index in [-0.39, 0.29) is 35.8 Å². The highest BCUT2D eigenvalue weighted by molar-refractivity contribution is 5.96. The molecule has 2 aromatic carbocycles. The van der Waals surface area contributed by atoms with Crippen molar-refractivity contribution in [3.8, 4) is 6.07 Å². The minimum Gasteiger partial charge on any atom is -0.381 e. The molecule has 0 saturated heterocycles. The first-order valence-electron chi connectivity index (χ1n) is 10.3. The van der Waals surface area contributed by atoms with Crippen LogP contribution in [0.3, 0.4) is 0 Å². The molecule has 2 heterocycles. The van der Waals surface area contributed by atoms with Gasteiger partial charge in [0.05, 0.1) is 16.6 Å². The van der Waals surface area contributed by atoms with Gasteiger partial charge in [0, 0.05) is 36.4 Å². The smallest absolute Gasteiger partial charge is 0.272 e. The Balaban J connectivity index is 0.000000230. The standard InChI is InChI=1S/C16H16F3N3O.C7H4FN/c17-9-5-10-14-12(6-9)20-11(7-13(14)21-22-15(10)23)8-1-3-16(18,19)4-2-8;8-7-4-2-1-3-6(7)5-9/h5-6,8,11,20H,1-4,7H2,(H,22,23);1-4H. The van der Waals surface area contributed by atoms with Gasteiger partial charge >= 0.3 is 0 Å². The van der Waals surface area contributed by atoms with Gasteiger partial charge in [-0.1, -0.05) is 12.1 Å². The Kier molecular flexibility index (Phi) is 5.87. The number of halogens is 4. The van der Waals surface area contributed by atoms with Gasteiger partial charge in [-0.3, -0.25) is 4.79 Å². The van der Waals surface area contributed by atoms with Gasteiger partial charge in [-0.05, 0) is 43.0 Å². The van der Waals surface area contributed by atoms with Crippen molar-refractivity contribution in [2.45, 2.75) is 44.1 Å². The van der Waals surface area contributed by atoms with E-state index in [1.165, 1.54) is 24.3 Å². The number of rotatable bonds is 1. The lowest BCUT2D eigenvalue weighted by atomic mass is 9.79. The normalized spacial score (nSPS) is 19.4. The first-order chi connectivity index (χ1) is 15.3. The molecule has 0 amide bonds. The Morgan fingerprint density at radius 3 is 2.50 bits per heavy atom. The van der Waals surface area contributed by atoms with Crippen molar-refractivity contribution in [2.24, 2.45) is 5.92 Å². The van der Waals surface area contributed by atoms with Gasteiger partial charge in [0.1, 0.15) is 17.7 Å². The molecule has 1 fully saturated rings. The largest absolute Gasteiger partial charge is 0.381 e. The molecule has 3 aromatic rings. The van der Waals surface area contributed by atoms with Crippen molar-refractivity contribution in [1.29, 1.82) is 5.26 Å². The molecule has 0 spiro atoms. The summed E-state index contributed by atoms with van der Waals surface area (Å²) < 4.78 is 52.8. The zero-order valence-electron chi connectivity index (χ0n) is 17.0. The first kappa shape index (κ1) is 21.8. The molecule has 2 aliphatic rings. The van der Waals surface area contributed by atoms with Crippen LogP contribution in [0.4, 0.5) is 23.2 Å². The van der Waals surface area contributed by atoms with Gasteiger partial charge in [-0.2, -0.15) is 10.4 Å². The second-order valence-electron chi connectivity index (χ2n) is 8.12. The molecule has 5 rings (SSSR count). The van der Waals surface area contributed by atoms with Crippen LogP contribution in [0.2, 0.25) is 0 Å². The molecule has 1 unspecified atom stereocenters. The van der Waals surface area contributed by atoms with Gasteiger partial charge < -0.3 is 5.32 Å². The maximum Gasteiger partial charge on any atom is 0.272 e. The number of hydrogen-bond acceptors (Lipinski definition) is 4. The number of aromatic amines is 1. The number of nitriles is 1. The molecule has 1 aromatic heterocycles. The number of nitrogens with zero attached hydrogens (tertiary/aromatic N) is 2. The third-order valence-electron chi connectivity index (χ3n) is 6.01. The molecule has 9 heteroatoms. The zero-order valence-corrected chi connectivity index (χ0v) is 17.0. The number of anilines is 1. The SMILES string of the molecule is N#Cc1ccccc1F.O=c1[nH]nc2c3c(cc(F)cc13)NC(C1CCC(F)(F)CC1)C2. The quantitative estimate of drug-likeness (QED) is 0.522. The highest BCUT2D eigenvalue weighted by atomic mass is 19.3. The third-order valence-corrected chi connectivity index (χ3v) is 6.01. The summed E-state index contributed by atoms with van der Waals surface area (Å²) in [5.41, 5.74) is 0.887. The van der Waals surface area contributed by atoms with E-state index in [1.807, 2.05) is 0 Å². The van der Waals surface area contributed by atoms with E-state index < -0.39 is 23.1 Å². The van der Waals surface area contributed by atoms with E-state index in [9.17, 15) is 22.4 Å². The monoisotopic (exact) mass is 444 g/mol. The maximum atomic E-state index is 13.8. The van der Waals surface area contributed by atoms with Gasteiger partial charge in [0.25, 0.3) is 5.56 Å². The molecule has 1 aliphatic carbocycles. The van der Waals surface area contributed by atoms with Gasteiger partial charge in [-0.25, -0.2) is 22.7 Å². The molecular weight excluding hydrogens is 424 g/mol. The maximum absolute atomic E-state index is 13.8. The Morgan fingerprint density at radius 2 is 1.84 bits per heavy atom. The Labute approximate surface area is 181 Å². The van der Waals surface area contributed by atoms with Crippen molar-refractivity contribution in [1.82, 2.24) is 10.2 Å². The highest BCUT2D eigenvalue weighted by Crippen LogP contribution is 2.41. The molecule has 166 valence electrons. The van der Waals surface area contributed by atoms with E-state index in [0.29, 0.717) is 36.0 Å². The second-order valence-corrected chi connectivity index (χ2v) is 8.12. The van der Waals surface area contributed by atoms with Crippen LogP contribution in [0.15, 0.2) is 41.2 Å². The van der Waals surface area contributed by atoms with Crippen LogP contribution >= 0.6 is 0 Å². The Morgan fingerprint density at radius 1 is 1.12 bits per heavy atom. The second kappa shape index (κ2) is 8.61. The van der Waals surface area contributed by atoms with E-state index in [2.05, 4.69) is 15.5 Å². The van der Waals surface area contributed by atoms with Crippen molar-refractivity contribution in [3.05, 3.63) is 69.6 Å². The molecule has 1 aliphatic heterocycles. The lowest BCUT2D eigenvalue weighted by Crippen LogP contribution is -2.39. The fourth-order valence-electron chi connectivity index (χ4n) is 4.35. The highest BCUT2D eigenvalue weighted by Gasteiger charge is 2.39. The van der Waals surface area contributed by atoms with E-state index in [1.54, 1.807) is 18.2 Å². The van der Waals surface area contributed by atoms with Gasteiger partial charge in [-0.15, -0.1) is 0 Å². The van der Waals surface area contributed by atoms with Crippen molar-refractivity contribution in [3.63, 3.8) is 0 Å². The molecular formula is C23H20F4N4O. The lowest BCUT2D eigenvalue weighted by Gasteiger charge is -2.36. The molecule has 0 radical (unpaired) electrons. The van der Waals surface area contributed by atoms with E-state index >= 15 is 0 Å². The number of hydrogen-bond donors (Lipinski definition) is 2. The fraction of sp³-hybridized carbons (Fsp3) is 0.348. The Bertz CT molecular complexity index is 1240. The lowest BCUT2D eigenvalue weighted by molar-refractivity contribution is -0.0475. The summed E-state index contributed by atoms with van der Waals surface area (Å²) in [6, 6.07) is 10.1. The summed E-state index contributed by atoms with van der Waals surface area (Å²) in [5, 5.41) is 18.9. The summed E-state index contributed by atoms with van der Waals surface area (Å²) in [6.45, 7) is 0. The van der Waals surface area contributed by atoms with Crippen LogP contribution < -0.4 is 10.9 Å². The molecule has 1 atom stereocenters. The number of benzene rings is 2. The average Bonchev–Trinajstić information content (AvgIpc) is 2.76. The number of alkyl halides is 2. The van der Waals surface area contributed by atoms with Crippen LogP contribution in [-0.4, -0.2) is 22.2 Å². The predicted octanol–water partition coefficient (Wildman–Crippen LogP) is 4.92. The summed E-state index contributed by atoms with van der Waals surface area (Å²) in [5.74, 6) is -3.44. The van der Waals surface area contributed by atoms with Crippen LogP contribution in [0.25, 0.3) is 10.8 Å². The molecule has 1 saturated carbocycles. The first-order valence-corrected chi connectivity index (χ1v) is 10.3. The van der Waals surface area contributed by atoms with Crippen molar-refractivity contribution < 1.29 is 17.6 Å². The van der Waals surface area contributed by atoms with Crippen LogP contribution in [0.5, 0.6) is 0 Å². The van der Waals surface area contributed by atoms with Crippen molar-refractivity contribution >= 4 is 16.5 Å². The zero-order chi connectivity index (χ0) is 22.9. The van der Waals surface area contributed by atoms with E-state index in [4.69, 9.17) is 5.26 Å². The number of nitrogens with one attached hydrogen (secondary N) is 2. The van der Waals surface area contributed by atoms with Gasteiger partial charge in [0.15, 0.2) is 0 Å². The number of aromatic nitrogens is 2. The molecule has 5 nitrogen and oxygen atoms in total. The minimum absolute atomic E-state index is 0.0676. The predicted molar refractivity (Wildman–Crippen MR) is 111 cm³/mol. The molecule has 2 N–H and O–H groups in total. The Hall–Kier alpha value is -3.41. The van der Waals surface area contributed by atoms with Crippen LogP contribution in [0.1, 0.15) is 36.9 Å². The molecule has 0 bridgehead atoms. The fourth-order valence-corrected chi connectivity index (χ4v) is 4.35. The minimum atomic E-state index is -2.57. The van der Waals surface area contributed by atoms with Crippen LogP contribution in [0, 0.1) is 28.9 Å². The van der Waals surface area contributed by atoms with Crippen molar-refractivity contribution in [2.75, 3.05) is 5.32 Å². The van der Waals surface area contributed by atoms with E-state index in [0.717, 1.165) is 0 Å². The summed E-state index contributed by atoms with van der Waals surface area (Å²) in [6.07, 6.45) is 1.19. The average molecular weight is 444 g/mol. The summed E-state index contributed by atoms with van der Waals surface area (Å²) >= 11 is 0. The van der Waals surface area contributed by atoms with Crippen LogP contribution in [-0.2, 0) is 6.42 Å². The number of H-pyrrole nitrogens is 1. The summed E-state index contributed by atoms with van der Waals surface area (Å²) in [7, 11) is 0. The topological polar surface area (TPSA) is 81.6 Å². The molecule has 32 heavy (non-hydrogen) atoms.